The van der Waals surface area contributed by atoms with Crippen LogP contribution in [0, 0.1) is 5.92 Å². The Kier molecular flexibility index (Phi) is 6.57. The van der Waals surface area contributed by atoms with Gasteiger partial charge in [-0.3, -0.25) is 0 Å². The Morgan fingerprint density at radius 2 is 2.10 bits per heavy atom. The van der Waals surface area contributed by atoms with Crippen molar-refractivity contribution in [3.63, 3.8) is 0 Å². The molecule has 164 valence electrons. The van der Waals surface area contributed by atoms with Gasteiger partial charge in [0.15, 0.2) is 0 Å². The van der Waals surface area contributed by atoms with Crippen molar-refractivity contribution in [2.75, 3.05) is 32.8 Å². The minimum atomic E-state index is -1.83. The van der Waals surface area contributed by atoms with Crippen LogP contribution in [-0.4, -0.2) is 64.4 Å². The number of likely N-dealkylation sites (tertiary alicyclic amines) is 1. The molecule has 1 aromatic carbocycles. The molecule has 1 aliphatic heterocycles. The molecular weight excluding hydrogens is 455 g/mol. The molecule has 0 amide bonds. The number of carbonyl (C=O) groups excluding carboxylic acids is 1. The van der Waals surface area contributed by atoms with Gasteiger partial charge in [-0.2, -0.15) is 0 Å². The number of hydrogen-bond acceptors (Lipinski definition) is 6. The number of ether oxygens (including phenoxy) is 2. The lowest BCUT2D eigenvalue weighted by Gasteiger charge is -2.34. The number of hydrogen-bond donors (Lipinski definition) is 0. The first kappa shape index (κ1) is 21.5. The summed E-state index contributed by atoms with van der Waals surface area (Å²) >= 11 is 3.61. The average molecular weight is 483 g/mol. The average Bonchev–Trinajstić information content (AvgIpc) is 3.46. The standard InChI is InChI=1S/C21H28BrFN4O3/c1-2-29-20(28)21(23)8-11-26(12-9-21)10-3-13-30-17-7-6-16-19(18(17)22)24-25-27(16)14-15-4-5-15/h6-7,15H,2-5,8-14H2,1H3. The van der Waals surface area contributed by atoms with E-state index in [1.807, 2.05) is 16.8 Å². The van der Waals surface area contributed by atoms with Gasteiger partial charge in [-0.15, -0.1) is 5.10 Å². The number of carbonyl (C=O) groups is 1. The molecule has 0 N–H and O–H groups in total. The second-order valence-corrected chi connectivity index (χ2v) is 8.98. The molecule has 7 nitrogen and oxygen atoms in total. The lowest BCUT2D eigenvalue weighted by atomic mass is 9.93. The number of nitrogens with zero attached hydrogens (tertiary/aromatic N) is 4. The first-order valence-corrected chi connectivity index (χ1v) is 11.5. The van der Waals surface area contributed by atoms with Crippen molar-refractivity contribution in [1.82, 2.24) is 19.9 Å². The summed E-state index contributed by atoms with van der Waals surface area (Å²) in [6.45, 7) is 5.29. The SMILES string of the molecule is CCOC(=O)C1(F)CCN(CCCOc2ccc3c(nnn3CC3CC3)c2Br)CC1. The van der Waals surface area contributed by atoms with Gasteiger partial charge in [0.2, 0.25) is 5.67 Å². The van der Waals surface area contributed by atoms with E-state index in [-0.39, 0.29) is 19.4 Å². The van der Waals surface area contributed by atoms with Crippen molar-refractivity contribution < 1.29 is 18.7 Å². The lowest BCUT2D eigenvalue weighted by molar-refractivity contribution is -0.160. The lowest BCUT2D eigenvalue weighted by Crippen LogP contribution is -2.47. The van der Waals surface area contributed by atoms with E-state index in [0.29, 0.717) is 19.7 Å². The zero-order chi connectivity index (χ0) is 21.1. The maximum atomic E-state index is 14.6. The van der Waals surface area contributed by atoms with Crippen LogP contribution in [0.4, 0.5) is 4.39 Å². The van der Waals surface area contributed by atoms with Crippen LogP contribution in [0.3, 0.4) is 0 Å². The highest BCUT2D eigenvalue weighted by atomic mass is 79.9. The largest absolute Gasteiger partial charge is 0.492 e. The van der Waals surface area contributed by atoms with Gasteiger partial charge in [-0.25, -0.2) is 13.9 Å². The number of alkyl halides is 1. The van der Waals surface area contributed by atoms with Gasteiger partial charge in [-0.05, 0) is 60.2 Å². The monoisotopic (exact) mass is 482 g/mol. The van der Waals surface area contributed by atoms with Gasteiger partial charge in [0, 0.05) is 39.0 Å². The first-order valence-electron chi connectivity index (χ1n) is 10.7. The van der Waals surface area contributed by atoms with Gasteiger partial charge >= 0.3 is 5.97 Å². The number of piperidine rings is 1. The van der Waals surface area contributed by atoms with Crippen LogP contribution in [0.5, 0.6) is 5.75 Å². The number of fused-ring (bicyclic) bond motifs is 1. The molecular formula is C21H28BrFN4O3. The molecule has 2 aliphatic rings. The maximum Gasteiger partial charge on any atom is 0.343 e. The van der Waals surface area contributed by atoms with Crippen molar-refractivity contribution in [2.45, 2.75) is 51.2 Å². The number of halogens is 2. The van der Waals surface area contributed by atoms with E-state index in [0.717, 1.165) is 46.7 Å². The fourth-order valence-corrected chi connectivity index (χ4v) is 4.37. The van der Waals surface area contributed by atoms with Gasteiger partial charge in [0.1, 0.15) is 11.3 Å². The van der Waals surface area contributed by atoms with Crippen LogP contribution in [0.2, 0.25) is 0 Å². The van der Waals surface area contributed by atoms with Crippen molar-refractivity contribution in [3.8, 4) is 5.75 Å². The molecule has 0 spiro atoms. The minimum absolute atomic E-state index is 0.186. The molecule has 2 fully saturated rings. The third kappa shape index (κ3) is 4.77. The Morgan fingerprint density at radius 3 is 2.80 bits per heavy atom. The van der Waals surface area contributed by atoms with E-state index in [4.69, 9.17) is 9.47 Å². The Bertz CT molecular complexity index is 894. The number of aromatic nitrogens is 3. The van der Waals surface area contributed by atoms with Crippen LogP contribution in [0.25, 0.3) is 11.0 Å². The quantitative estimate of drug-likeness (QED) is 0.400. The Balaban J connectivity index is 1.24. The van der Waals surface area contributed by atoms with Crippen molar-refractivity contribution in [2.24, 2.45) is 5.92 Å². The topological polar surface area (TPSA) is 69.5 Å². The zero-order valence-corrected chi connectivity index (χ0v) is 18.9. The number of benzene rings is 1. The molecule has 0 radical (unpaired) electrons. The second-order valence-electron chi connectivity index (χ2n) is 8.19. The van der Waals surface area contributed by atoms with Crippen molar-refractivity contribution in [3.05, 3.63) is 16.6 Å². The fourth-order valence-electron chi connectivity index (χ4n) is 3.84. The zero-order valence-electron chi connectivity index (χ0n) is 17.3. The summed E-state index contributed by atoms with van der Waals surface area (Å²) in [6, 6.07) is 3.97. The fraction of sp³-hybridized carbons (Fsp3) is 0.667. The molecule has 9 heteroatoms. The summed E-state index contributed by atoms with van der Waals surface area (Å²) in [6.07, 6.45) is 3.74. The molecule has 1 saturated heterocycles. The van der Waals surface area contributed by atoms with Gasteiger partial charge in [0.05, 0.1) is 23.2 Å². The van der Waals surface area contributed by atoms with Gasteiger partial charge in [0.25, 0.3) is 0 Å². The van der Waals surface area contributed by atoms with Gasteiger partial charge in [-0.1, -0.05) is 5.21 Å². The van der Waals surface area contributed by atoms with Crippen LogP contribution in [-0.2, 0) is 16.1 Å². The smallest absolute Gasteiger partial charge is 0.343 e. The molecule has 30 heavy (non-hydrogen) atoms. The van der Waals surface area contributed by atoms with E-state index in [1.165, 1.54) is 12.8 Å². The summed E-state index contributed by atoms with van der Waals surface area (Å²) in [5, 5.41) is 8.59. The van der Waals surface area contributed by atoms with Crippen LogP contribution < -0.4 is 4.74 Å². The molecule has 4 rings (SSSR count). The molecule has 0 unspecified atom stereocenters. The third-order valence-corrected chi connectivity index (χ3v) is 6.65. The highest BCUT2D eigenvalue weighted by Gasteiger charge is 2.42. The number of esters is 1. The molecule has 0 bridgehead atoms. The molecule has 0 atom stereocenters. The van der Waals surface area contributed by atoms with E-state index < -0.39 is 11.6 Å². The van der Waals surface area contributed by atoms with Crippen molar-refractivity contribution >= 4 is 32.9 Å². The Hall–Kier alpha value is -1.74. The Labute approximate surface area is 184 Å². The predicted octanol–water partition coefficient (Wildman–Crippen LogP) is 3.74. The second kappa shape index (κ2) is 9.18. The van der Waals surface area contributed by atoms with Crippen molar-refractivity contribution in [1.29, 1.82) is 0 Å². The predicted molar refractivity (Wildman–Crippen MR) is 114 cm³/mol. The molecule has 1 aromatic heterocycles. The highest BCUT2D eigenvalue weighted by molar-refractivity contribution is 9.10. The number of rotatable bonds is 9. The maximum absolute atomic E-state index is 14.6. The molecule has 2 aromatic rings. The van der Waals surface area contributed by atoms with E-state index in [9.17, 15) is 9.18 Å². The van der Waals surface area contributed by atoms with E-state index in [1.54, 1.807) is 6.92 Å². The summed E-state index contributed by atoms with van der Waals surface area (Å²) in [4.78, 5) is 13.9. The Morgan fingerprint density at radius 1 is 1.33 bits per heavy atom. The van der Waals surface area contributed by atoms with Crippen LogP contribution in [0.1, 0.15) is 39.0 Å². The van der Waals surface area contributed by atoms with Gasteiger partial charge < -0.3 is 14.4 Å². The first-order chi connectivity index (χ1) is 14.5. The summed E-state index contributed by atoms with van der Waals surface area (Å²) < 4.78 is 28.3. The normalized spacial score (nSPS) is 19.2. The minimum Gasteiger partial charge on any atom is -0.492 e. The summed E-state index contributed by atoms with van der Waals surface area (Å²) in [7, 11) is 0. The molecule has 2 heterocycles. The highest BCUT2D eigenvalue weighted by Crippen LogP contribution is 2.35. The summed E-state index contributed by atoms with van der Waals surface area (Å²) in [5.41, 5.74) is 0.00780. The van der Waals surface area contributed by atoms with Crippen LogP contribution >= 0.6 is 15.9 Å². The van der Waals surface area contributed by atoms with E-state index >= 15 is 0 Å². The van der Waals surface area contributed by atoms with Crippen LogP contribution in [0.15, 0.2) is 16.6 Å². The summed E-state index contributed by atoms with van der Waals surface area (Å²) in [5.74, 6) is 0.770. The van der Waals surface area contributed by atoms with E-state index in [2.05, 4.69) is 31.1 Å². The molecule has 1 saturated carbocycles. The molecule has 1 aliphatic carbocycles. The third-order valence-electron chi connectivity index (χ3n) is 5.88.